The molecule has 0 aromatic carbocycles. The first-order chi connectivity index (χ1) is 12.7. The summed E-state index contributed by atoms with van der Waals surface area (Å²) in [5.74, 6) is 1.85. The molecule has 0 N–H and O–H groups in total. The number of ether oxygens (including phenoxy) is 1. The minimum Gasteiger partial charge on any atom is -0.380 e. The molecule has 26 heavy (non-hydrogen) atoms. The van der Waals surface area contributed by atoms with E-state index >= 15 is 0 Å². The van der Waals surface area contributed by atoms with E-state index in [0.29, 0.717) is 19.8 Å². The smallest absolute Gasteiger partial charge is 0.160 e. The molecular formula is C19H24BrN5O. The van der Waals surface area contributed by atoms with Gasteiger partial charge >= 0.3 is 0 Å². The Kier molecular flexibility index (Phi) is 6.21. The number of anilines is 1. The van der Waals surface area contributed by atoms with Crippen molar-refractivity contribution in [3.63, 3.8) is 0 Å². The number of nitrogens with zero attached hydrogens (tertiary/aromatic N) is 5. The third kappa shape index (κ3) is 3.88. The van der Waals surface area contributed by atoms with Crippen molar-refractivity contribution in [3.05, 3.63) is 35.1 Å². The van der Waals surface area contributed by atoms with Gasteiger partial charge in [0.15, 0.2) is 5.65 Å². The van der Waals surface area contributed by atoms with Crippen molar-refractivity contribution in [2.24, 2.45) is 0 Å². The molecule has 6 nitrogen and oxygen atoms in total. The van der Waals surface area contributed by atoms with Crippen molar-refractivity contribution in [2.45, 2.75) is 27.3 Å². The lowest BCUT2D eigenvalue weighted by molar-refractivity contribution is 0.140. The summed E-state index contributed by atoms with van der Waals surface area (Å²) in [6.07, 6.45) is 3.69. The average molecular weight is 418 g/mol. The highest BCUT2D eigenvalue weighted by molar-refractivity contribution is 9.10. The van der Waals surface area contributed by atoms with Gasteiger partial charge in [-0.1, -0.05) is 0 Å². The van der Waals surface area contributed by atoms with Crippen molar-refractivity contribution >= 4 is 32.9 Å². The summed E-state index contributed by atoms with van der Waals surface area (Å²) < 4.78 is 8.56. The van der Waals surface area contributed by atoms with Gasteiger partial charge in [-0.15, -0.1) is 0 Å². The predicted octanol–water partition coefficient (Wildman–Crippen LogP) is 4.14. The number of aromatic nitrogens is 4. The summed E-state index contributed by atoms with van der Waals surface area (Å²) in [5.41, 5.74) is 2.70. The molecule has 0 aliphatic carbocycles. The maximum absolute atomic E-state index is 5.54. The molecule has 0 unspecified atom stereocenters. The molecule has 0 fully saturated rings. The number of imidazole rings is 1. The Labute approximate surface area is 162 Å². The van der Waals surface area contributed by atoms with E-state index in [4.69, 9.17) is 9.72 Å². The van der Waals surface area contributed by atoms with E-state index in [-0.39, 0.29) is 0 Å². The fraction of sp³-hybridized carbons (Fsp3) is 0.421. The minimum absolute atomic E-state index is 0.623. The Hall–Kier alpha value is -1.99. The lowest BCUT2D eigenvalue weighted by Crippen LogP contribution is -2.22. The Balaban J connectivity index is 2.01. The molecule has 0 atom stereocenters. The van der Waals surface area contributed by atoms with Crippen LogP contribution in [0.4, 0.5) is 5.82 Å². The Morgan fingerprint density at radius 1 is 1.12 bits per heavy atom. The van der Waals surface area contributed by atoms with Gasteiger partial charge in [0.05, 0.1) is 6.61 Å². The molecular weight excluding hydrogens is 394 g/mol. The second-order valence-electron chi connectivity index (χ2n) is 5.86. The normalized spacial score (nSPS) is 11.2. The Bertz CT molecular complexity index is 858. The van der Waals surface area contributed by atoms with Gasteiger partial charge in [-0.05, 0) is 54.9 Å². The van der Waals surface area contributed by atoms with Gasteiger partial charge < -0.3 is 14.2 Å². The first-order valence-corrected chi connectivity index (χ1v) is 9.78. The number of rotatable bonds is 8. The van der Waals surface area contributed by atoms with Crippen LogP contribution in [0, 0.1) is 0 Å². The van der Waals surface area contributed by atoms with Gasteiger partial charge in [0.2, 0.25) is 0 Å². The van der Waals surface area contributed by atoms with Crippen LogP contribution in [0.1, 0.15) is 20.8 Å². The van der Waals surface area contributed by atoms with Gasteiger partial charge in [-0.25, -0.2) is 15.0 Å². The molecule has 0 radical (unpaired) electrons. The number of pyridine rings is 2. The van der Waals surface area contributed by atoms with Crippen molar-refractivity contribution in [1.82, 2.24) is 19.5 Å². The van der Waals surface area contributed by atoms with Gasteiger partial charge in [0.25, 0.3) is 0 Å². The molecule has 3 rings (SSSR count). The van der Waals surface area contributed by atoms with E-state index in [1.54, 1.807) is 6.20 Å². The number of fused-ring (bicyclic) bond motifs is 1. The van der Waals surface area contributed by atoms with Crippen LogP contribution in [0.3, 0.4) is 0 Å². The van der Waals surface area contributed by atoms with Crippen LogP contribution in [0.25, 0.3) is 22.6 Å². The zero-order valence-corrected chi connectivity index (χ0v) is 17.0. The minimum atomic E-state index is 0.623. The van der Waals surface area contributed by atoms with Crippen LogP contribution >= 0.6 is 15.9 Å². The molecule has 0 amide bonds. The highest BCUT2D eigenvalue weighted by atomic mass is 79.9. The van der Waals surface area contributed by atoms with Crippen LogP contribution in [-0.4, -0.2) is 45.8 Å². The lowest BCUT2D eigenvalue weighted by atomic mass is 10.2. The molecule has 0 saturated heterocycles. The quantitative estimate of drug-likeness (QED) is 0.515. The fourth-order valence-corrected chi connectivity index (χ4v) is 3.29. The van der Waals surface area contributed by atoms with E-state index in [2.05, 4.69) is 61.3 Å². The number of halogens is 1. The molecule has 0 bridgehead atoms. The van der Waals surface area contributed by atoms with Crippen LogP contribution in [-0.2, 0) is 11.3 Å². The molecule has 138 valence electrons. The zero-order valence-electron chi connectivity index (χ0n) is 15.4. The monoisotopic (exact) mass is 417 g/mol. The summed E-state index contributed by atoms with van der Waals surface area (Å²) in [5, 5.41) is 0. The van der Waals surface area contributed by atoms with E-state index in [1.165, 1.54) is 0 Å². The molecule has 0 saturated carbocycles. The molecule has 0 spiro atoms. The van der Waals surface area contributed by atoms with Gasteiger partial charge in [0.1, 0.15) is 17.2 Å². The van der Waals surface area contributed by atoms with Gasteiger partial charge in [0, 0.05) is 48.7 Å². The molecule has 3 aromatic heterocycles. The Morgan fingerprint density at radius 3 is 2.58 bits per heavy atom. The number of hydrogen-bond donors (Lipinski definition) is 0. The molecule has 0 aliphatic heterocycles. The lowest BCUT2D eigenvalue weighted by Gasteiger charge is -2.19. The standard InChI is InChI=1S/C19H24BrN5O/c1-4-24(5-2)17-8-7-14(12-21-17)18-23-16-11-15(20)13-22-19(16)25(18)9-10-26-6-3/h7-8,11-13H,4-6,9-10H2,1-3H3. The summed E-state index contributed by atoms with van der Waals surface area (Å²) in [7, 11) is 0. The molecule has 7 heteroatoms. The van der Waals surface area contributed by atoms with E-state index in [9.17, 15) is 0 Å². The second kappa shape index (κ2) is 8.60. The fourth-order valence-electron chi connectivity index (χ4n) is 2.97. The van der Waals surface area contributed by atoms with Crippen LogP contribution in [0.5, 0.6) is 0 Å². The van der Waals surface area contributed by atoms with E-state index in [1.807, 2.05) is 19.2 Å². The Morgan fingerprint density at radius 2 is 1.92 bits per heavy atom. The maximum Gasteiger partial charge on any atom is 0.160 e. The summed E-state index contributed by atoms with van der Waals surface area (Å²) in [6.45, 7) is 10.2. The van der Waals surface area contributed by atoms with E-state index < -0.39 is 0 Å². The van der Waals surface area contributed by atoms with E-state index in [0.717, 1.165) is 45.9 Å². The van der Waals surface area contributed by atoms with Crippen LogP contribution in [0.15, 0.2) is 35.1 Å². The average Bonchev–Trinajstić information content (AvgIpc) is 3.01. The maximum atomic E-state index is 5.54. The predicted molar refractivity (Wildman–Crippen MR) is 109 cm³/mol. The summed E-state index contributed by atoms with van der Waals surface area (Å²) in [6, 6.07) is 6.12. The third-order valence-electron chi connectivity index (χ3n) is 4.31. The van der Waals surface area contributed by atoms with Crippen molar-refractivity contribution in [3.8, 4) is 11.4 Å². The SMILES string of the molecule is CCOCCn1c(-c2ccc(N(CC)CC)nc2)nc2cc(Br)cnc21. The first-order valence-electron chi connectivity index (χ1n) is 8.98. The topological polar surface area (TPSA) is 56.1 Å². The van der Waals surface area contributed by atoms with Crippen molar-refractivity contribution in [2.75, 3.05) is 31.2 Å². The summed E-state index contributed by atoms with van der Waals surface area (Å²) in [4.78, 5) is 16.2. The van der Waals surface area contributed by atoms with Crippen molar-refractivity contribution in [1.29, 1.82) is 0 Å². The van der Waals surface area contributed by atoms with Gasteiger partial charge in [-0.3, -0.25) is 0 Å². The van der Waals surface area contributed by atoms with Crippen molar-refractivity contribution < 1.29 is 4.74 Å². The third-order valence-corrected chi connectivity index (χ3v) is 4.74. The molecule has 0 aliphatic rings. The molecule has 3 aromatic rings. The summed E-state index contributed by atoms with van der Waals surface area (Å²) >= 11 is 3.47. The van der Waals surface area contributed by atoms with Gasteiger partial charge in [-0.2, -0.15) is 0 Å². The number of hydrogen-bond acceptors (Lipinski definition) is 5. The second-order valence-corrected chi connectivity index (χ2v) is 6.77. The largest absolute Gasteiger partial charge is 0.380 e. The molecule has 3 heterocycles. The zero-order chi connectivity index (χ0) is 18.5. The highest BCUT2D eigenvalue weighted by Crippen LogP contribution is 2.26. The van der Waals surface area contributed by atoms with Crippen LogP contribution < -0.4 is 4.90 Å². The first kappa shape index (κ1) is 18.8. The van der Waals surface area contributed by atoms with Crippen LogP contribution in [0.2, 0.25) is 0 Å². The highest BCUT2D eigenvalue weighted by Gasteiger charge is 2.15.